The quantitative estimate of drug-likeness (QED) is 0.526. The molecule has 0 saturated carbocycles. The van der Waals surface area contributed by atoms with Gasteiger partial charge in [-0.25, -0.2) is 0 Å². The fraction of sp³-hybridized carbons (Fsp3) is 0.143. The van der Waals surface area contributed by atoms with E-state index < -0.39 is 0 Å². The van der Waals surface area contributed by atoms with Crippen molar-refractivity contribution in [2.75, 3.05) is 0 Å². The first kappa shape index (κ1) is 6.97. The van der Waals surface area contributed by atoms with Crippen LogP contribution >= 0.6 is 12.2 Å². The summed E-state index contributed by atoms with van der Waals surface area (Å²) in [6.45, 7) is 0. The maximum Gasteiger partial charge on any atom is 0.106 e. The van der Waals surface area contributed by atoms with Gasteiger partial charge >= 0.3 is 0 Å². The first-order valence-corrected chi connectivity index (χ1v) is 3.21. The van der Waals surface area contributed by atoms with Crippen LogP contribution in [0.1, 0.15) is 5.56 Å². The third-order valence-electron chi connectivity index (χ3n) is 1.23. The molecule has 0 radical (unpaired) electrons. The largest absolute Gasteiger partial charge is 0.342 e. The number of nitriles is 1. The van der Waals surface area contributed by atoms with Crippen LogP contribution in [-0.4, -0.2) is 4.57 Å². The van der Waals surface area contributed by atoms with Gasteiger partial charge in [-0.2, -0.15) is 5.26 Å². The summed E-state index contributed by atoms with van der Waals surface area (Å²) in [4.78, 5) is 0. The molecule has 0 unspecified atom stereocenters. The minimum absolute atomic E-state index is 0.614. The van der Waals surface area contributed by atoms with Gasteiger partial charge < -0.3 is 4.57 Å². The Kier molecular flexibility index (Phi) is 1.83. The van der Waals surface area contributed by atoms with Crippen LogP contribution in [0.15, 0.2) is 18.3 Å². The number of pyridine rings is 1. The van der Waals surface area contributed by atoms with E-state index in [-0.39, 0.29) is 0 Å². The molecule has 0 bridgehead atoms. The van der Waals surface area contributed by atoms with Gasteiger partial charge in [-0.1, -0.05) is 12.2 Å². The van der Waals surface area contributed by atoms with Crippen molar-refractivity contribution in [3.63, 3.8) is 0 Å². The second-order valence-electron chi connectivity index (χ2n) is 1.98. The van der Waals surface area contributed by atoms with Crippen LogP contribution in [0.5, 0.6) is 0 Å². The molecular weight excluding hydrogens is 144 g/mol. The highest BCUT2D eigenvalue weighted by Gasteiger charge is 1.88. The van der Waals surface area contributed by atoms with Crippen LogP contribution in [0.4, 0.5) is 0 Å². The summed E-state index contributed by atoms with van der Waals surface area (Å²) in [5, 5.41) is 8.45. The van der Waals surface area contributed by atoms with Gasteiger partial charge in [0, 0.05) is 13.2 Å². The molecule has 2 nitrogen and oxygen atoms in total. The molecule has 3 heteroatoms. The molecule has 0 atom stereocenters. The lowest BCUT2D eigenvalue weighted by Gasteiger charge is -1.95. The Morgan fingerprint density at radius 3 is 2.90 bits per heavy atom. The van der Waals surface area contributed by atoms with Crippen molar-refractivity contribution < 1.29 is 0 Å². The van der Waals surface area contributed by atoms with E-state index in [0.29, 0.717) is 10.2 Å². The Balaban J connectivity index is 3.34. The molecule has 0 aromatic carbocycles. The van der Waals surface area contributed by atoms with E-state index in [2.05, 4.69) is 0 Å². The molecule has 0 spiro atoms. The van der Waals surface area contributed by atoms with E-state index in [9.17, 15) is 0 Å². The second-order valence-corrected chi connectivity index (χ2v) is 2.39. The van der Waals surface area contributed by atoms with Gasteiger partial charge in [-0.15, -0.1) is 0 Å². The Bertz CT molecular complexity index is 332. The Labute approximate surface area is 64.3 Å². The van der Waals surface area contributed by atoms with Crippen molar-refractivity contribution in [1.29, 1.82) is 5.26 Å². The number of nitrogens with zero attached hydrogens (tertiary/aromatic N) is 2. The molecule has 0 aliphatic heterocycles. The average molecular weight is 150 g/mol. The van der Waals surface area contributed by atoms with Gasteiger partial charge in [0.25, 0.3) is 0 Å². The van der Waals surface area contributed by atoms with Crippen LogP contribution in [0.25, 0.3) is 0 Å². The molecule has 0 amide bonds. The molecule has 1 aromatic heterocycles. The summed E-state index contributed by atoms with van der Waals surface area (Å²) in [5.41, 5.74) is 0.614. The summed E-state index contributed by atoms with van der Waals surface area (Å²) >= 11 is 4.92. The molecule has 1 rings (SSSR count). The third kappa shape index (κ3) is 1.23. The summed E-state index contributed by atoms with van der Waals surface area (Å²) in [6, 6.07) is 5.42. The summed E-state index contributed by atoms with van der Waals surface area (Å²) in [7, 11) is 1.85. The topological polar surface area (TPSA) is 28.7 Å². The molecule has 0 saturated heterocycles. The minimum atomic E-state index is 0.614. The van der Waals surface area contributed by atoms with Crippen LogP contribution in [0, 0.1) is 16.0 Å². The van der Waals surface area contributed by atoms with Crippen LogP contribution in [-0.2, 0) is 7.05 Å². The number of hydrogen-bond donors (Lipinski definition) is 0. The van der Waals surface area contributed by atoms with E-state index in [0.717, 1.165) is 0 Å². The van der Waals surface area contributed by atoms with Crippen molar-refractivity contribution in [2.45, 2.75) is 0 Å². The van der Waals surface area contributed by atoms with Gasteiger partial charge in [0.2, 0.25) is 0 Å². The van der Waals surface area contributed by atoms with Crippen LogP contribution in [0.2, 0.25) is 0 Å². The van der Waals surface area contributed by atoms with Crippen LogP contribution in [0.3, 0.4) is 0 Å². The highest BCUT2D eigenvalue weighted by molar-refractivity contribution is 7.71. The number of hydrogen-bond acceptors (Lipinski definition) is 2. The zero-order valence-corrected chi connectivity index (χ0v) is 6.35. The molecule has 0 N–H and O–H groups in total. The Morgan fingerprint density at radius 1 is 1.70 bits per heavy atom. The van der Waals surface area contributed by atoms with E-state index in [1.54, 1.807) is 22.9 Å². The Morgan fingerprint density at radius 2 is 2.40 bits per heavy atom. The van der Waals surface area contributed by atoms with E-state index >= 15 is 0 Å². The molecule has 1 heterocycles. The van der Waals surface area contributed by atoms with Crippen molar-refractivity contribution in [1.82, 2.24) is 4.57 Å². The van der Waals surface area contributed by atoms with Gasteiger partial charge in [-0.3, -0.25) is 0 Å². The maximum atomic E-state index is 8.45. The van der Waals surface area contributed by atoms with Gasteiger partial charge in [0.1, 0.15) is 4.64 Å². The smallest absolute Gasteiger partial charge is 0.106 e. The van der Waals surface area contributed by atoms with Crippen molar-refractivity contribution in [3.8, 4) is 6.07 Å². The van der Waals surface area contributed by atoms with E-state index in [1.165, 1.54) is 0 Å². The first-order valence-electron chi connectivity index (χ1n) is 2.81. The lowest BCUT2D eigenvalue weighted by Crippen LogP contribution is -1.90. The number of aromatic nitrogens is 1. The zero-order valence-electron chi connectivity index (χ0n) is 5.53. The lowest BCUT2D eigenvalue weighted by molar-refractivity contribution is 0.886. The predicted octanol–water partition coefficient (Wildman–Crippen LogP) is 1.63. The Hall–Kier alpha value is -1.14. The third-order valence-corrected chi connectivity index (χ3v) is 1.64. The maximum absolute atomic E-state index is 8.45. The fourth-order valence-corrected chi connectivity index (χ4v) is 0.806. The lowest BCUT2D eigenvalue weighted by atomic mass is 10.3. The summed E-state index contributed by atoms with van der Waals surface area (Å²) in [5.74, 6) is 0. The minimum Gasteiger partial charge on any atom is -0.342 e. The molecule has 0 fully saturated rings. The molecule has 10 heavy (non-hydrogen) atoms. The van der Waals surface area contributed by atoms with Gasteiger partial charge in [-0.05, 0) is 12.1 Å². The highest BCUT2D eigenvalue weighted by Crippen LogP contribution is 1.96. The monoisotopic (exact) mass is 150 g/mol. The van der Waals surface area contributed by atoms with Crippen molar-refractivity contribution in [3.05, 3.63) is 28.5 Å². The average Bonchev–Trinajstić information content (AvgIpc) is 1.95. The van der Waals surface area contributed by atoms with Crippen LogP contribution < -0.4 is 0 Å². The van der Waals surface area contributed by atoms with E-state index in [4.69, 9.17) is 17.5 Å². The molecule has 50 valence electrons. The van der Waals surface area contributed by atoms with Crippen molar-refractivity contribution in [2.24, 2.45) is 7.05 Å². The molecule has 1 aromatic rings. The molecular formula is C7H6N2S. The fourth-order valence-electron chi connectivity index (χ4n) is 0.618. The number of rotatable bonds is 0. The normalized spacial score (nSPS) is 8.80. The van der Waals surface area contributed by atoms with E-state index in [1.807, 2.05) is 13.1 Å². The first-order chi connectivity index (χ1) is 4.74. The SMILES string of the molecule is Cn1ccc(C#N)cc1=S. The molecule has 0 aliphatic carbocycles. The zero-order chi connectivity index (χ0) is 7.56. The standard InChI is InChI=1S/C7H6N2S/c1-9-3-2-6(5-8)4-7(9)10/h2-4H,1H3. The predicted molar refractivity (Wildman–Crippen MR) is 41.0 cm³/mol. The summed E-state index contributed by atoms with van der Waals surface area (Å²) in [6.07, 6.45) is 1.78. The summed E-state index contributed by atoms with van der Waals surface area (Å²) < 4.78 is 2.47. The highest BCUT2D eigenvalue weighted by atomic mass is 32.1. The van der Waals surface area contributed by atoms with Gasteiger partial charge in [0.15, 0.2) is 0 Å². The van der Waals surface area contributed by atoms with Gasteiger partial charge in [0.05, 0.1) is 11.6 Å². The second kappa shape index (κ2) is 2.63. The molecule has 0 aliphatic rings. The number of aryl methyl sites for hydroxylation is 1. The van der Waals surface area contributed by atoms with Crippen molar-refractivity contribution >= 4 is 12.2 Å².